The van der Waals surface area contributed by atoms with Gasteiger partial charge in [-0.15, -0.1) is 11.3 Å². The number of fused-ring (bicyclic) bond motifs is 1. The third-order valence-corrected chi connectivity index (χ3v) is 5.13. The molecule has 0 saturated carbocycles. The van der Waals surface area contributed by atoms with Crippen LogP contribution in [0.4, 0.5) is 0 Å². The van der Waals surface area contributed by atoms with Crippen molar-refractivity contribution in [1.82, 2.24) is 5.32 Å². The van der Waals surface area contributed by atoms with E-state index in [4.69, 9.17) is 18.0 Å². The van der Waals surface area contributed by atoms with Gasteiger partial charge in [-0.2, -0.15) is 0 Å². The molecule has 0 saturated heterocycles. The van der Waals surface area contributed by atoms with Crippen LogP contribution in [0.1, 0.15) is 37.7 Å². The zero-order valence-corrected chi connectivity index (χ0v) is 13.2. The lowest BCUT2D eigenvalue weighted by atomic mass is 10.1. The number of aryl methyl sites for hydroxylation is 2. The first-order valence-corrected chi connectivity index (χ1v) is 8.14. The molecule has 1 heterocycles. The third-order valence-electron chi connectivity index (χ3n) is 3.66. The quantitative estimate of drug-likeness (QED) is 0.853. The van der Waals surface area contributed by atoms with Crippen LogP contribution in [0.25, 0.3) is 0 Å². The van der Waals surface area contributed by atoms with Gasteiger partial charge in [-0.25, -0.2) is 0 Å². The second-order valence-electron chi connectivity index (χ2n) is 5.16. The van der Waals surface area contributed by atoms with Gasteiger partial charge in [0.15, 0.2) is 0 Å². The van der Waals surface area contributed by atoms with Crippen LogP contribution in [0.5, 0.6) is 0 Å². The highest BCUT2D eigenvalue weighted by molar-refractivity contribution is 7.80. The average Bonchev–Trinajstić information content (AvgIpc) is 3.06. The van der Waals surface area contributed by atoms with E-state index in [0.29, 0.717) is 11.5 Å². The highest BCUT2D eigenvalue weighted by Crippen LogP contribution is 2.30. The smallest absolute Gasteiger partial charge is 0.261 e. The van der Waals surface area contributed by atoms with E-state index in [0.717, 1.165) is 28.8 Å². The Balaban J connectivity index is 1.61. The number of hydrogen-bond donors (Lipinski definition) is 2. The number of thiocarbonyl (C=S) groups is 1. The predicted molar refractivity (Wildman–Crippen MR) is 89.8 cm³/mol. The Morgan fingerprint density at radius 1 is 1.29 bits per heavy atom. The van der Waals surface area contributed by atoms with E-state index < -0.39 is 0 Å². The molecule has 0 aliphatic heterocycles. The van der Waals surface area contributed by atoms with Crippen molar-refractivity contribution < 1.29 is 4.79 Å². The van der Waals surface area contributed by atoms with Crippen LogP contribution in [-0.4, -0.2) is 10.9 Å². The minimum absolute atomic E-state index is 0.00724. The van der Waals surface area contributed by atoms with E-state index in [-0.39, 0.29) is 5.91 Å². The first kappa shape index (κ1) is 14.2. The summed E-state index contributed by atoms with van der Waals surface area (Å²) in [5, 5.41) is 2.96. The standard InChI is InChI=1S/C16H16N2OS2/c17-15(20)11-6-4-10(5-7-11)9-18-16(19)14-8-12-2-1-3-13(12)21-14/h4-8H,1-3,9H2,(H2,17,20)(H,18,19). The summed E-state index contributed by atoms with van der Waals surface area (Å²) >= 11 is 6.54. The Kier molecular flexibility index (Phi) is 4.03. The van der Waals surface area contributed by atoms with Gasteiger partial charge < -0.3 is 11.1 Å². The maximum Gasteiger partial charge on any atom is 0.261 e. The van der Waals surface area contributed by atoms with E-state index in [9.17, 15) is 4.79 Å². The molecule has 0 fully saturated rings. The van der Waals surface area contributed by atoms with Crippen molar-refractivity contribution in [2.45, 2.75) is 25.8 Å². The maximum absolute atomic E-state index is 12.2. The van der Waals surface area contributed by atoms with Gasteiger partial charge in [0.25, 0.3) is 5.91 Å². The van der Waals surface area contributed by atoms with E-state index >= 15 is 0 Å². The minimum atomic E-state index is 0.00724. The largest absolute Gasteiger partial charge is 0.389 e. The highest BCUT2D eigenvalue weighted by atomic mass is 32.1. The summed E-state index contributed by atoms with van der Waals surface area (Å²) < 4.78 is 0. The molecule has 21 heavy (non-hydrogen) atoms. The van der Waals surface area contributed by atoms with Crippen molar-refractivity contribution >= 4 is 34.5 Å². The summed E-state index contributed by atoms with van der Waals surface area (Å²) in [6, 6.07) is 9.66. The summed E-state index contributed by atoms with van der Waals surface area (Å²) in [5.41, 5.74) is 8.79. The first-order chi connectivity index (χ1) is 10.1. The summed E-state index contributed by atoms with van der Waals surface area (Å²) in [7, 11) is 0. The first-order valence-electron chi connectivity index (χ1n) is 6.92. The number of rotatable bonds is 4. The summed E-state index contributed by atoms with van der Waals surface area (Å²) in [6.07, 6.45) is 3.45. The van der Waals surface area contributed by atoms with Crippen LogP contribution >= 0.6 is 23.6 Å². The van der Waals surface area contributed by atoms with Crippen molar-refractivity contribution in [3.05, 3.63) is 56.8 Å². The predicted octanol–water partition coefficient (Wildman–Crippen LogP) is 2.80. The number of hydrogen-bond acceptors (Lipinski definition) is 3. The van der Waals surface area contributed by atoms with Gasteiger partial charge in [0.1, 0.15) is 4.99 Å². The molecule has 1 amide bonds. The molecule has 3 rings (SSSR count). The Morgan fingerprint density at radius 3 is 2.71 bits per heavy atom. The fraction of sp³-hybridized carbons (Fsp3) is 0.250. The summed E-state index contributed by atoms with van der Waals surface area (Å²) in [6.45, 7) is 0.513. The normalized spacial score (nSPS) is 13.0. The molecule has 0 atom stereocenters. The average molecular weight is 316 g/mol. The van der Waals surface area contributed by atoms with Crippen LogP contribution in [0.3, 0.4) is 0 Å². The van der Waals surface area contributed by atoms with Crippen LogP contribution in [-0.2, 0) is 19.4 Å². The lowest BCUT2D eigenvalue weighted by Crippen LogP contribution is -2.21. The van der Waals surface area contributed by atoms with Gasteiger partial charge in [0.05, 0.1) is 4.88 Å². The van der Waals surface area contributed by atoms with E-state index in [1.165, 1.54) is 16.9 Å². The zero-order valence-electron chi connectivity index (χ0n) is 11.5. The van der Waals surface area contributed by atoms with Gasteiger partial charge in [-0.1, -0.05) is 36.5 Å². The number of amides is 1. The molecule has 3 N–H and O–H groups in total. The lowest BCUT2D eigenvalue weighted by molar-refractivity contribution is 0.0955. The molecule has 2 aromatic rings. The minimum Gasteiger partial charge on any atom is -0.389 e. The Bertz CT molecular complexity index is 667. The molecule has 0 radical (unpaired) electrons. The monoisotopic (exact) mass is 316 g/mol. The molecule has 5 heteroatoms. The molecule has 1 aromatic heterocycles. The van der Waals surface area contributed by atoms with E-state index in [1.54, 1.807) is 11.3 Å². The number of thiophene rings is 1. The van der Waals surface area contributed by atoms with Crippen LogP contribution < -0.4 is 11.1 Å². The van der Waals surface area contributed by atoms with E-state index in [2.05, 4.69) is 5.32 Å². The van der Waals surface area contributed by atoms with Gasteiger partial charge in [-0.05, 0) is 36.5 Å². The molecule has 1 aliphatic carbocycles. The lowest BCUT2D eigenvalue weighted by Gasteiger charge is -2.05. The summed E-state index contributed by atoms with van der Waals surface area (Å²) in [4.78, 5) is 14.7. The maximum atomic E-state index is 12.2. The van der Waals surface area contributed by atoms with Crippen molar-refractivity contribution in [1.29, 1.82) is 0 Å². The van der Waals surface area contributed by atoms with Crippen molar-refractivity contribution in [2.75, 3.05) is 0 Å². The van der Waals surface area contributed by atoms with Crippen LogP contribution in [0.15, 0.2) is 30.3 Å². The zero-order chi connectivity index (χ0) is 14.8. The second-order valence-corrected chi connectivity index (χ2v) is 6.73. The fourth-order valence-corrected chi connectivity index (χ4v) is 3.80. The van der Waals surface area contributed by atoms with Gasteiger partial charge in [0.2, 0.25) is 0 Å². The second kappa shape index (κ2) is 5.95. The third kappa shape index (κ3) is 3.14. The van der Waals surface area contributed by atoms with Gasteiger partial charge in [-0.3, -0.25) is 4.79 Å². The Labute approximate surface area is 133 Å². The molecule has 108 valence electrons. The molecule has 0 unspecified atom stereocenters. The Morgan fingerprint density at radius 2 is 2.05 bits per heavy atom. The summed E-state index contributed by atoms with van der Waals surface area (Å²) in [5.74, 6) is 0.00724. The highest BCUT2D eigenvalue weighted by Gasteiger charge is 2.18. The Hall–Kier alpha value is -1.72. The number of carbonyl (C=O) groups is 1. The topological polar surface area (TPSA) is 55.1 Å². The molecule has 3 nitrogen and oxygen atoms in total. The number of nitrogens with one attached hydrogen (secondary N) is 1. The SMILES string of the molecule is NC(=S)c1ccc(CNC(=O)c2cc3c(s2)CCC3)cc1. The number of benzene rings is 1. The molecule has 0 bridgehead atoms. The molecule has 1 aliphatic rings. The van der Waals surface area contributed by atoms with E-state index in [1.807, 2.05) is 30.3 Å². The molecule has 0 spiro atoms. The molecular weight excluding hydrogens is 300 g/mol. The molecule has 1 aromatic carbocycles. The van der Waals surface area contributed by atoms with Crippen LogP contribution in [0.2, 0.25) is 0 Å². The van der Waals surface area contributed by atoms with Crippen molar-refractivity contribution in [3.63, 3.8) is 0 Å². The number of nitrogens with two attached hydrogens (primary N) is 1. The van der Waals surface area contributed by atoms with Crippen LogP contribution in [0, 0.1) is 0 Å². The van der Waals surface area contributed by atoms with Gasteiger partial charge in [0, 0.05) is 17.0 Å². The van der Waals surface area contributed by atoms with Crippen molar-refractivity contribution in [3.8, 4) is 0 Å². The van der Waals surface area contributed by atoms with Gasteiger partial charge >= 0.3 is 0 Å². The fourth-order valence-electron chi connectivity index (χ4n) is 2.50. The molecular formula is C16H16N2OS2. The number of carbonyl (C=O) groups excluding carboxylic acids is 1. The van der Waals surface area contributed by atoms with Crippen molar-refractivity contribution in [2.24, 2.45) is 5.73 Å².